The van der Waals surface area contributed by atoms with Gasteiger partial charge in [-0.1, -0.05) is 111 Å². The number of fused-ring (bicyclic) bond motifs is 3. The van der Waals surface area contributed by atoms with E-state index < -0.39 is 0 Å². The molecule has 2 aliphatic rings. The van der Waals surface area contributed by atoms with Gasteiger partial charge in [0.25, 0.3) is 0 Å². The lowest BCUT2D eigenvalue weighted by Gasteiger charge is -2.27. The molecule has 0 spiro atoms. The van der Waals surface area contributed by atoms with E-state index >= 15 is 0 Å². The molecule has 0 nitrogen and oxygen atoms in total. The summed E-state index contributed by atoms with van der Waals surface area (Å²) in [6.45, 7) is 21.2. The maximum Gasteiger partial charge on any atom is 0.0125 e. The second-order valence-electron chi connectivity index (χ2n) is 12.8. The molecular weight excluding hydrogens is 396 g/mol. The second-order valence-corrected chi connectivity index (χ2v) is 12.8. The number of rotatable bonds is 5. The molecule has 0 amide bonds. The van der Waals surface area contributed by atoms with Gasteiger partial charge in [0.2, 0.25) is 0 Å². The van der Waals surface area contributed by atoms with Crippen LogP contribution in [0.3, 0.4) is 0 Å². The first kappa shape index (κ1) is 24.1. The molecule has 1 atom stereocenters. The molecule has 0 saturated carbocycles. The van der Waals surface area contributed by atoms with Crippen molar-refractivity contribution in [1.82, 2.24) is 0 Å². The standard InChI is InChI=1S/C33H44/c1-10-11-12-22-13-14-23(17-22)26-19-27-25-16-15-24(32(4,5)6)18-28(25)31(21(2)3)29(27)20-30(26)33(7,8)9/h13,15-21,31H,10-12,14H2,1-9H3. The summed E-state index contributed by atoms with van der Waals surface area (Å²) in [5.74, 6) is 1.05. The summed E-state index contributed by atoms with van der Waals surface area (Å²) in [4.78, 5) is 0. The van der Waals surface area contributed by atoms with E-state index in [0.717, 1.165) is 6.42 Å². The molecule has 0 fully saturated rings. The first-order chi connectivity index (χ1) is 15.4. The first-order valence-corrected chi connectivity index (χ1v) is 13.1. The average molecular weight is 441 g/mol. The van der Waals surface area contributed by atoms with Gasteiger partial charge in [-0.15, -0.1) is 0 Å². The van der Waals surface area contributed by atoms with Gasteiger partial charge in [0, 0.05) is 5.92 Å². The Morgan fingerprint density at radius 1 is 0.848 bits per heavy atom. The minimum absolute atomic E-state index is 0.115. The maximum atomic E-state index is 2.58. The van der Waals surface area contributed by atoms with Gasteiger partial charge in [0.15, 0.2) is 0 Å². The molecule has 2 aliphatic carbocycles. The van der Waals surface area contributed by atoms with Crippen LogP contribution in [0.4, 0.5) is 0 Å². The Kier molecular flexibility index (Phi) is 6.27. The van der Waals surface area contributed by atoms with Crippen LogP contribution >= 0.6 is 0 Å². The Bertz CT molecular complexity index is 1110. The van der Waals surface area contributed by atoms with Gasteiger partial charge in [0.05, 0.1) is 0 Å². The van der Waals surface area contributed by atoms with Crippen molar-refractivity contribution < 1.29 is 0 Å². The number of hydrogen-bond acceptors (Lipinski definition) is 0. The summed E-state index contributed by atoms with van der Waals surface area (Å²) in [7, 11) is 0. The molecule has 176 valence electrons. The molecule has 4 rings (SSSR count). The van der Waals surface area contributed by atoms with Crippen molar-refractivity contribution in [2.75, 3.05) is 0 Å². The van der Waals surface area contributed by atoms with E-state index in [1.54, 1.807) is 0 Å². The van der Waals surface area contributed by atoms with Gasteiger partial charge in [-0.05, 0) is 86.6 Å². The van der Waals surface area contributed by atoms with Crippen LogP contribution in [0.5, 0.6) is 0 Å². The highest BCUT2D eigenvalue weighted by Crippen LogP contribution is 2.52. The topological polar surface area (TPSA) is 0 Å². The molecule has 0 radical (unpaired) electrons. The summed E-state index contributed by atoms with van der Waals surface area (Å²) < 4.78 is 0. The van der Waals surface area contributed by atoms with E-state index in [4.69, 9.17) is 0 Å². The summed E-state index contributed by atoms with van der Waals surface area (Å²) in [5.41, 5.74) is 13.7. The van der Waals surface area contributed by atoms with E-state index in [9.17, 15) is 0 Å². The third kappa shape index (κ3) is 4.51. The fourth-order valence-electron chi connectivity index (χ4n) is 5.74. The molecule has 2 aromatic carbocycles. The second kappa shape index (κ2) is 8.61. The molecule has 0 heteroatoms. The normalized spacial score (nSPS) is 17.8. The maximum absolute atomic E-state index is 2.58. The lowest BCUT2D eigenvalue weighted by molar-refractivity contribution is 0.558. The molecular formula is C33H44. The quantitative estimate of drug-likeness (QED) is 0.434. The number of benzene rings is 2. The predicted molar refractivity (Wildman–Crippen MR) is 146 cm³/mol. The largest absolute Gasteiger partial charge is 0.0769 e. The fraction of sp³-hybridized carbons (Fsp3) is 0.515. The summed E-state index contributed by atoms with van der Waals surface area (Å²) in [6, 6.07) is 12.4. The van der Waals surface area contributed by atoms with Crippen LogP contribution in [0, 0.1) is 5.92 Å². The number of allylic oxidation sites excluding steroid dienone is 4. The highest BCUT2D eigenvalue weighted by Gasteiger charge is 2.35. The zero-order valence-electron chi connectivity index (χ0n) is 22.5. The van der Waals surface area contributed by atoms with Crippen molar-refractivity contribution >= 4 is 5.57 Å². The summed E-state index contributed by atoms with van der Waals surface area (Å²) >= 11 is 0. The van der Waals surface area contributed by atoms with Gasteiger partial charge < -0.3 is 0 Å². The Morgan fingerprint density at radius 3 is 2.15 bits per heavy atom. The van der Waals surface area contributed by atoms with Crippen LogP contribution in [-0.4, -0.2) is 0 Å². The first-order valence-electron chi connectivity index (χ1n) is 13.1. The minimum Gasteiger partial charge on any atom is -0.0769 e. The van der Waals surface area contributed by atoms with Gasteiger partial charge in [-0.2, -0.15) is 0 Å². The van der Waals surface area contributed by atoms with Crippen molar-refractivity contribution in [3.63, 3.8) is 0 Å². The summed E-state index contributed by atoms with van der Waals surface area (Å²) in [5, 5.41) is 0. The van der Waals surface area contributed by atoms with Crippen LogP contribution in [-0.2, 0) is 10.8 Å². The third-order valence-electron chi connectivity index (χ3n) is 7.65. The summed E-state index contributed by atoms with van der Waals surface area (Å²) in [6.07, 6.45) is 9.78. The van der Waals surface area contributed by atoms with E-state index in [1.165, 1.54) is 69.4 Å². The Hall–Kier alpha value is -2.08. The molecule has 0 N–H and O–H groups in total. The number of hydrogen-bond donors (Lipinski definition) is 0. The Labute approximate surface area is 203 Å². The highest BCUT2D eigenvalue weighted by atomic mass is 14.4. The molecule has 0 aromatic heterocycles. The predicted octanol–water partition coefficient (Wildman–Crippen LogP) is 9.95. The van der Waals surface area contributed by atoms with Crippen molar-refractivity contribution in [3.8, 4) is 11.1 Å². The van der Waals surface area contributed by atoms with E-state index in [2.05, 4.69) is 105 Å². The fourth-order valence-corrected chi connectivity index (χ4v) is 5.74. The van der Waals surface area contributed by atoms with E-state index in [0.29, 0.717) is 11.8 Å². The van der Waals surface area contributed by atoms with Crippen molar-refractivity contribution in [2.45, 2.75) is 105 Å². The lowest BCUT2D eigenvalue weighted by atomic mass is 9.77. The smallest absolute Gasteiger partial charge is 0.0125 e. The zero-order chi connectivity index (χ0) is 24.1. The van der Waals surface area contributed by atoms with Crippen molar-refractivity contribution in [1.29, 1.82) is 0 Å². The van der Waals surface area contributed by atoms with Gasteiger partial charge >= 0.3 is 0 Å². The van der Waals surface area contributed by atoms with Crippen LogP contribution in [0.15, 0.2) is 48.1 Å². The lowest BCUT2D eigenvalue weighted by Crippen LogP contribution is -2.16. The SMILES string of the molecule is CCCCC1=CCC(c2cc3c(cc2C(C)(C)C)C(C(C)C)c2cc(C(C)(C)C)ccc2-3)=C1. The Morgan fingerprint density at radius 2 is 1.55 bits per heavy atom. The van der Waals surface area contributed by atoms with E-state index in [1.807, 2.05) is 0 Å². The van der Waals surface area contributed by atoms with Gasteiger partial charge in [-0.3, -0.25) is 0 Å². The monoisotopic (exact) mass is 440 g/mol. The molecule has 0 saturated heterocycles. The van der Waals surface area contributed by atoms with Crippen LogP contribution < -0.4 is 0 Å². The average Bonchev–Trinajstić information content (AvgIpc) is 3.31. The zero-order valence-corrected chi connectivity index (χ0v) is 22.5. The highest BCUT2D eigenvalue weighted by molar-refractivity contribution is 5.85. The minimum atomic E-state index is 0.115. The molecule has 0 aliphatic heterocycles. The van der Waals surface area contributed by atoms with Crippen molar-refractivity contribution in [2.24, 2.45) is 5.92 Å². The molecule has 33 heavy (non-hydrogen) atoms. The van der Waals surface area contributed by atoms with Gasteiger partial charge in [0.1, 0.15) is 0 Å². The Balaban J connectivity index is 1.89. The molecule has 0 bridgehead atoms. The van der Waals surface area contributed by atoms with Crippen LogP contribution in [0.1, 0.15) is 122 Å². The molecule has 2 aromatic rings. The van der Waals surface area contributed by atoms with Gasteiger partial charge in [-0.25, -0.2) is 0 Å². The van der Waals surface area contributed by atoms with Crippen LogP contribution in [0.2, 0.25) is 0 Å². The molecule has 0 heterocycles. The third-order valence-corrected chi connectivity index (χ3v) is 7.65. The molecule has 1 unspecified atom stereocenters. The van der Waals surface area contributed by atoms with Crippen molar-refractivity contribution in [3.05, 3.63) is 75.9 Å². The number of unbranched alkanes of at least 4 members (excludes halogenated alkanes) is 1. The van der Waals surface area contributed by atoms with Crippen LogP contribution in [0.25, 0.3) is 16.7 Å². The van der Waals surface area contributed by atoms with E-state index in [-0.39, 0.29) is 10.8 Å².